The Morgan fingerprint density at radius 1 is 0.826 bits per heavy atom. The lowest BCUT2D eigenvalue weighted by molar-refractivity contribution is -0.137. The molecule has 0 aromatic rings. The minimum atomic E-state index is -0.735. The van der Waals surface area contributed by atoms with Crippen LogP contribution < -0.4 is 0 Å². The lowest BCUT2D eigenvalue weighted by Gasteiger charge is -1.98. The van der Waals surface area contributed by atoms with Crippen molar-refractivity contribution in [2.45, 2.75) is 57.8 Å². The van der Waals surface area contributed by atoms with Crippen LogP contribution >= 0.6 is 0 Å². The highest BCUT2D eigenvalue weighted by Crippen LogP contribution is 2.08. The number of aliphatic carboxylic acids is 1. The van der Waals surface area contributed by atoms with Gasteiger partial charge < -0.3 is 15.3 Å². The van der Waals surface area contributed by atoms with Gasteiger partial charge in [0, 0.05) is 25.5 Å². The lowest BCUT2D eigenvalue weighted by atomic mass is 10.1. The number of hydrogen-bond acceptors (Lipinski definition) is 4. The van der Waals surface area contributed by atoms with Gasteiger partial charge in [-0.1, -0.05) is 37.5 Å². The first-order valence-corrected chi connectivity index (χ1v) is 8.14. The van der Waals surface area contributed by atoms with E-state index in [2.05, 4.69) is 0 Å². The van der Waals surface area contributed by atoms with Gasteiger partial charge in [-0.15, -0.1) is 0 Å². The molecule has 0 rings (SSSR count). The third-order valence-corrected chi connectivity index (χ3v) is 3.14. The number of aliphatic hydroxyl groups is 2. The fraction of sp³-hybridized carbons (Fsp3) is 0.556. The summed E-state index contributed by atoms with van der Waals surface area (Å²) in [6, 6.07) is 0. The topological polar surface area (TPSA) is 94.8 Å². The number of carbonyl (C=O) groups is 2. The van der Waals surface area contributed by atoms with Crippen molar-refractivity contribution in [1.82, 2.24) is 0 Å². The van der Waals surface area contributed by atoms with Crippen LogP contribution in [0.15, 0.2) is 36.1 Å². The van der Waals surface area contributed by atoms with Crippen molar-refractivity contribution in [3.8, 4) is 0 Å². The number of hydrogen-bond donors (Lipinski definition) is 3. The molecular formula is C18H28O5. The van der Waals surface area contributed by atoms with Gasteiger partial charge in [-0.25, -0.2) is 0 Å². The third kappa shape index (κ3) is 16.3. The number of ketones is 1. The second-order valence-corrected chi connectivity index (χ2v) is 5.33. The molecular weight excluding hydrogens is 296 g/mol. The molecule has 0 aliphatic rings. The van der Waals surface area contributed by atoms with Crippen LogP contribution in [0, 0.1) is 0 Å². The number of carboxylic acids is 1. The smallest absolute Gasteiger partial charge is 0.303 e. The first kappa shape index (κ1) is 21.1. The average molecular weight is 324 g/mol. The van der Waals surface area contributed by atoms with Crippen LogP contribution in [0.3, 0.4) is 0 Å². The molecule has 5 nitrogen and oxygen atoms in total. The second-order valence-electron chi connectivity index (χ2n) is 5.33. The summed E-state index contributed by atoms with van der Waals surface area (Å²) in [4.78, 5) is 21.9. The Morgan fingerprint density at radius 2 is 1.52 bits per heavy atom. The highest BCUT2D eigenvalue weighted by molar-refractivity contribution is 5.91. The Balaban J connectivity index is 3.64. The van der Waals surface area contributed by atoms with Gasteiger partial charge in [0.25, 0.3) is 0 Å². The number of rotatable bonds is 14. The van der Waals surface area contributed by atoms with Crippen molar-refractivity contribution < 1.29 is 24.9 Å². The zero-order valence-corrected chi connectivity index (χ0v) is 13.6. The van der Waals surface area contributed by atoms with Crippen LogP contribution in [0.4, 0.5) is 0 Å². The molecule has 0 aromatic heterocycles. The lowest BCUT2D eigenvalue weighted by Crippen LogP contribution is -1.93. The summed E-state index contributed by atoms with van der Waals surface area (Å²) >= 11 is 0. The Kier molecular flexibility index (Phi) is 13.8. The fourth-order valence-corrected chi connectivity index (χ4v) is 1.94. The van der Waals surface area contributed by atoms with E-state index in [0.29, 0.717) is 6.42 Å². The van der Waals surface area contributed by atoms with Crippen LogP contribution in [0.1, 0.15) is 57.8 Å². The van der Waals surface area contributed by atoms with Crippen LogP contribution in [-0.2, 0) is 9.59 Å². The molecule has 0 heterocycles. The van der Waals surface area contributed by atoms with Crippen molar-refractivity contribution in [3.63, 3.8) is 0 Å². The van der Waals surface area contributed by atoms with Crippen LogP contribution in [0.25, 0.3) is 0 Å². The first-order chi connectivity index (χ1) is 11.1. The third-order valence-electron chi connectivity index (χ3n) is 3.14. The Hall–Kier alpha value is -1.88. The van der Waals surface area contributed by atoms with Gasteiger partial charge in [-0.2, -0.15) is 0 Å². The highest BCUT2D eigenvalue weighted by atomic mass is 16.4. The Bertz CT molecular complexity index is 421. The molecule has 0 bridgehead atoms. The highest BCUT2D eigenvalue weighted by Gasteiger charge is 1.97. The molecule has 0 aliphatic carbocycles. The second kappa shape index (κ2) is 15.0. The van der Waals surface area contributed by atoms with Gasteiger partial charge >= 0.3 is 5.97 Å². The van der Waals surface area contributed by atoms with Gasteiger partial charge in [-0.3, -0.25) is 9.59 Å². The molecule has 0 radical (unpaired) electrons. The van der Waals surface area contributed by atoms with Crippen molar-refractivity contribution >= 4 is 11.8 Å². The predicted molar refractivity (Wildman–Crippen MR) is 90.3 cm³/mol. The zero-order chi connectivity index (χ0) is 17.3. The Labute approximate surface area is 138 Å². The summed E-state index contributed by atoms with van der Waals surface area (Å²) in [6.07, 6.45) is 14.6. The van der Waals surface area contributed by atoms with Crippen LogP contribution in [0.5, 0.6) is 0 Å². The van der Waals surface area contributed by atoms with E-state index in [1.54, 1.807) is 12.2 Å². The maximum absolute atomic E-state index is 11.5. The summed E-state index contributed by atoms with van der Waals surface area (Å²) in [5, 5.41) is 26.5. The molecule has 0 saturated carbocycles. The van der Waals surface area contributed by atoms with Gasteiger partial charge in [0.2, 0.25) is 0 Å². The van der Waals surface area contributed by atoms with Crippen molar-refractivity contribution in [2.75, 3.05) is 6.61 Å². The number of unbranched alkanes of at least 4 members (excludes halogenated alkanes) is 5. The van der Waals surface area contributed by atoms with E-state index in [1.807, 2.05) is 6.08 Å². The monoisotopic (exact) mass is 324 g/mol. The minimum Gasteiger partial charge on any atom is -0.508 e. The number of carbonyl (C=O) groups excluding carboxylic acids is 1. The molecule has 130 valence electrons. The molecule has 0 fully saturated rings. The Morgan fingerprint density at radius 3 is 2.22 bits per heavy atom. The van der Waals surface area contributed by atoms with Gasteiger partial charge in [-0.05, 0) is 31.8 Å². The molecule has 5 heteroatoms. The molecule has 0 aliphatic heterocycles. The molecule has 23 heavy (non-hydrogen) atoms. The van der Waals surface area contributed by atoms with Gasteiger partial charge in [0.05, 0.1) is 0 Å². The minimum absolute atomic E-state index is 0.0139. The van der Waals surface area contributed by atoms with E-state index < -0.39 is 5.97 Å². The standard InChI is InChI=1S/C18H28O5/c19-14-10-9-12-17(21)15-16(20)11-7-5-3-1-2-4-6-8-13-18(22)23/h5,7,9,12,15,19,21H,1-4,6,8,10-11,13-14H2,(H,22,23)/b7-5+,12-9+,17-15+. The molecule has 3 N–H and O–H groups in total. The van der Waals surface area contributed by atoms with Crippen molar-refractivity contribution in [2.24, 2.45) is 0 Å². The van der Waals surface area contributed by atoms with Crippen molar-refractivity contribution in [1.29, 1.82) is 0 Å². The molecule has 0 unspecified atom stereocenters. The van der Waals surface area contributed by atoms with Crippen LogP contribution in [-0.4, -0.2) is 33.7 Å². The summed E-state index contributed by atoms with van der Waals surface area (Å²) in [5.74, 6) is -0.999. The predicted octanol–water partition coefficient (Wildman–Crippen LogP) is 3.70. The van der Waals surface area contributed by atoms with Crippen molar-refractivity contribution in [3.05, 3.63) is 36.1 Å². The van der Waals surface area contributed by atoms with E-state index in [1.165, 1.54) is 12.2 Å². The quantitative estimate of drug-likeness (QED) is 0.149. The summed E-state index contributed by atoms with van der Waals surface area (Å²) < 4.78 is 0. The number of carboxylic acid groups (broad SMARTS) is 1. The molecule has 0 aromatic carbocycles. The van der Waals surface area contributed by atoms with E-state index >= 15 is 0 Å². The summed E-state index contributed by atoms with van der Waals surface area (Å²) in [5.41, 5.74) is 0. The summed E-state index contributed by atoms with van der Waals surface area (Å²) in [7, 11) is 0. The molecule has 0 saturated heterocycles. The molecule has 0 atom stereocenters. The first-order valence-electron chi connectivity index (χ1n) is 8.14. The zero-order valence-electron chi connectivity index (χ0n) is 13.6. The fourth-order valence-electron chi connectivity index (χ4n) is 1.94. The molecule has 0 amide bonds. The normalized spacial score (nSPS) is 12.3. The number of aliphatic hydroxyl groups excluding tert-OH is 2. The van der Waals surface area contributed by atoms with E-state index in [0.717, 1.165) is 38.5 Å². The van der Waals surface area contributed by atoms with E-state index in [4.69, 9.17) is 10.2 Å². The van der Waals surface area contributed by atoms with Crippen LogP contribution in [0.2, 0.25) is 0 Å². The van der Waals surface area contributed by atoms with Gasteiger partial charge in [0.1, 0.15) is 5.76 Å². The van der Waals surface area contributed by atoms with E-state index in [9.17, 15) is 14.7 Å². The number of allylic oxidation sites excluding steroid dienone is 4. The van der Waals surface area contributed by atoms with E-state index in [-0.39, 0.29) is 31.0 Å². The van der Waals surface area contributed by atoms with Gasteiger partial charge in [0.15, 0.2) is 5.78 Å². The maximum Gasteiger partial charge on any atom is 0.303 e. The maximum atomic E-state index is 11.5. The SMILES string of the molecule is O=C(O)CCCCCCC/C=C/CC(=O)/C=C(O)\C=C\CCO. The summed E-state index contributed by atoms with van der Waals surface area (Å²) in [6.45, 7) is 0.0139. The average Bonchev–Trinajstić information content (AvgIpc) is 2.49. The molecule has 0 spiro atoms. The largest absolute Gasteiger partial charge is 0.508 e.